The van der Waals surface area contributed by atoms with Crippen LogP contribution >= 0.6 is 0 Å². The van der Waals surface area contributed by atoms with Crippen molar-refractivity contribution in [2.75, 3.05) is 6.54 Å². The molecule has 0 unspecified atom stereocenters. The molecule has 0 spiro atoms. The van der Waals surface area contributed by atoms with Gasteiger partial charge in [0.05, 0.1) is 12.2 Å². The van der Waals surface area contributed by atoms with Crippen molar-refractivity contribution in [2.24, 2.45) is 0 Å². The van der Waals surface area contributed by atoms with Crippen molar-refractivity contribution in [2.45, 2.75) is 32.9 Å². The fourth-order valence-electron chi connectivity index (χ4n) is 3.07. The Morgan fingerprint density at radius 3 is 2.70 bits per heavy atom. The molecule has 0 saturated heterocycles. The standard InChI is InChI=1S/C22H25N3O2/c1-17-7-5-10-19(13-17)22-20(14-23-12-6-11-21(26)27)16-25(24-22)15-18-8-3-2-4-9-18/h2-5,7-10,13,16,23H,6,11-12,14-15H2,1H3,(H,26,27). The largest absolute Gasteiger partial charge is 0.481 e. The van der Waals surface area contributed by atoms with E-state index < -0.39 is 5.97 Å². The van der Waals surface area contributed by atoms with Crippen molar-refractivity contribution in [1.29, 1.82) is 0 Å². The molecule has 0 radical (unpaired) electrons. The normalized spacial score (nSPS) is 10.9. The molecule has 27 heavy (non-hydrogen) atoms. The number of aliphatic carboxylic acids is 1. The molecule has 0 fully saturated rings. The number of hydrogen-bond donors (Lipinski definition) is 2. The van der Waals surface area contributed by atoms with E-state index in [1.165, 1.54) is 11.1 Å². The van der Waals surface area contributed by atoms with E-state index in [9.17, 15) is 4.79 Å². The maximum absolute atomic E-state index is 10.6. The molecule has 0 amide bonds. The zero-order chi connectivity index (χ0) is 19.1. The fraction of sp³-hybridized carbons (Fsp3) is 0.273. The van der Waals surface area contributed by atoms with Gasteiger partial charge in [-0.15, -0.1) is 0 Å². The van der Waals surface area contributed by atoms with Crippen molar-refractivity contribution in [3.63, 3.8) is 0 Å². The summed E-state index contributed by atoms with van der Waals surface area (Å²) in [6, 6.07) is 18.6. The molecular weight excluding hydrogens is 338 g/mol. The molecule has 5 nitrogen and oxygen atoms in total. The second kappa shape index (κ2) is 9.14. The topological polar surface area (TPSA) is 67.2 Å². The molecule has 1 aromatic heterocycles. The molecule has 2 N–H and O–H groups in total. The Kier molecular flexibility index (Phi) is 6.39. The van der Waals surface area contributed by atoms with E-state index in [1.807, 2.05) is 28.9 Å². The number of carboxylic acids is 1. The lowest BCUT2D eigenvalue weighted by atomic mass is 10.1. The molecule has 0 aliphatic rings. The number of carboxylic acid groups (broad SMARTS) is 1. The molecule has 0 saturated carbocycles. The SMILES string of the molecule is Cc1cccc(-c2nn(Cc3ccccc3)cc2CNCCCC(=O)O)c1. The number of hydrogen-bond acceptors (Lipinski definition) is 3. The highest BCUT2D eigenvalue weighted by atomic mass is 16.4. The molecule has 5 heteroatoms. The number of aromatic nitrogens is 2. The van der Waals surface area contributed by atoms with Crippen molar-refractivity contribution in [3.05, 3.63) is 77.5 Å². The first-order valence-electron chi connectivity index (χ1n) is 9.21. The lowest BCUT2D eigenvalue weighted by Crippen LogP contribution is -2.16. The second-order valence-electron chi connectivity index (χ2n) is 6.73. The number of aryl methyl sites for hydroxylation is 1. The number of rotatable bonds is 9. The van der Waals surface area contributed by atoms with Crippen LogP contribution in [0.15, 0.2) is 60.8 Å². The van der Waals surface area contributed by atoms with E-state index in [-0.39, 0.29) is 6.42 Å². The van der Waals surface area contributed by atoms with Crippen molar-refractivity contribution in [1.82, 2.24) is 15.1 Å². The van der Waals surface area contributed by atoms with Gasteiger partial charge in [-0.25, -0.2) is 0 Å². The average molecular weight is 363 g/mol. The highest BCUT2D eigenvalue weighted by molar-refractivity contribution is 5.66. The molecule has 0 atom stereocenters. The first-order chi connectivity index (χ1) is 13.1. The maximum Gasteiger partial charge on any atom is 0.303 e. The molecule has 3 rings (SSSR count). The summed E-state index contributed by atoms with van der Waals surface area (Å²) in [5.74, 6) is -0.757. The molecule has 1 heterocycles. The third kappa shape index (κ3) is 5.53. The molecule has 0 aliphatic heterocycles. The Labute approximate surface area is 159 Å². The summed E-state index contributed by atoms with van der Waals surface area (Å²) in [5, 5.41) is 16.9. The van der Waals surface area contributed by atoms with Gasteiger partial charge in [0.1, 0.15) is 0 Å². The molecular formula is C22H25N3O2. The van der Waals surface area contributed by atoms with E-state index in [0.717, 1.165) is 23.4 Å². The van der Waals surface area contributed by atoms with Gasteiger partial charge in [0, 0.05) is 30.3 Å². The van der Waals surface area contributed by atoms with Gasteiger partial charge in [-0.1, -0.05) is 54.1 Å². The van der Waals surface area contributed by atoms with Crippen LogP contribution in [0, 0.1) is 6.92 Å². The first-order valence-corrected chi connectivity index (χ1v) is 9.21. The predicted octanol–water partition coefficient (Wildman–Crippen LogP) is 3.86. The zero-order valence-electron chi connectivity index (χ0n) is 15.6. The van der Waals surface area contributed by atoms with Crippen LogP contribution in [0.1, 0.15) is 29.5 Å². The third-order valence-corrected chi connectivity index (χ3v) is 4.38. The molecule has 3 aromatic rings. The van der Waals surface area contributed by atoms with Crippen molar-refractivity contribution >= 4 is 5.97 Å². The highest BCUT2D eigenvalue weighted by Gasteiger charge is 2.12. The summed E-state index contributed by atoms with van der Waals surface area (Å²) < 4.78 is 1.97. The van der Waals surface area contributed by atoms with Gasteiger partial charge in [-0.3, -0.25) is 9.48 Å². The van der Waals surface area contributed by atoms with Crippen LogP contribution in [0.4, 0.5) is 0 Å². The molecule has 140 valence electrons. The van der Waals surface area contributed by atoms with E-state index in [1.54, 1.807) is 0 Å². The van der Waals surface area contributed by atoms with Crippen LogP contribution in [0.5, 0.6) is 0 Å². The summed E-state index contributed by atoms with van der Waals surface area (Å²) in [4.78, 5) is 10.6. The fourth-order valence-corrected chi connectivity index (χ4v) is 3.07. The minimum atomic E-state index is -0.757. The minimum Gasteiger partial charge on any atom is -0.481 e. The third-order valence-electron chi connectivity index (χ3n) is 4.38. The second-order valence-corrected chi connectivity index (χ2v) is 6.73. The van der Waals surface area contributed by atoms with Crippen LogP contribution in [0.3, 0.4) is 0 Å². The van der Waals surface area contributed by atoms with Crippen LogP contribution in [0.2, 0.25) is 0 Å². The van der Waals surface area contributed by atoms with E-state index >= 15 is 0 Å². The number of nitrogens with zero attached hydrogens (tertiary/aromatic N) is 2. The predicted molar refractivity (Wildman–Crippen MR) is 107 cm³/mol. The van der Waals surface area contributed by atoms with E-state index in [0.29, 0.717) is 19.5 Å². The Morgan fingerprint density at radius 1 is 1.15 bits per heavy atom. The Hall–Kier alpha value is -2.92. The van der Waals surface area contributed by atoms with Crippen molar-refractivity contribution in [3.8, 4) is 11.3 Å². The van der Waals surface area contributed by atoms with Crippen LogP contribution in [-0.2, 0) is 17.9 Å². The first kappa shape index (κ1) is 18.9. The van der Waals surface area contributed by atoms with Gasteiger partial charge in [-0.05, 0) is 31.5 Å². The van der Waals surface area contributed by atoms with Crippen molar-refractivity contribution < 1.29 is 9.90 Å². The maximum atomic E-state index is 10.6. The lowest BCUT2D eigenvalue weighted by Gasteiger charge is -2.05. The van der Waals surface area contributed by atoms with Crippen LogP contribution in [-0.4, -0.2) is 27.4 Å². The minimum absolute atomic E-state index is 0.186. The number of benzene rings is 2. The molecule has 2 aromatic carbocycles. The van der Waals surface area contributed by atoms with Gasteiger partial charge in [0.25, 0.3) is 0 Å². The van der Waals surface area contributed by atoms with Gasteiger partial charge in [-0.2, -0.15) is 5.10 Å². The highest BCUT2D eigenvalue weighted by Crippen LogP contribution is 2.23. The van der Waals surface area contributed by atoms with Gasteiger partial charge >= 0.3 is 5.97 Å². The molecule has 0 aliphatic carbocycles. The zero-order valence-corrected chi connectivity index (χ0v) is 15.6. The van der Waals surface area contributed by atoms with Crippen LogP contribution < -0.4 is 5.32 Å². The lowest BCUT2D eigenvalue weighted by molar-refractivity contribution is -0.137. The summed E-state index contributed by atoms with van der Waals surface area (Å²) in [7, 11) is 0. The molecule has 0 bridgehead atoms. The summed E-state index contributed by atoms with van der Waals surface area (Å²) in [6.07, 6.45) is 2.88. The summed E-state index contributed by atoms with van der Waals surface area (Å²) in [5.41, 5.74) is 5.60. The van der Waals surface area contributed by atoms with Gasteiger partial charge in [0.15, 0.2) is 0 Å². The van der Waals surface area contributed by atoms with Crippen LogP contribution in [0.25, 0.3) is 11.3 Å². The summed E-state index contributed by atoms with van der Waals surface area (Å²) >= 11 is 0. The number of carbonyl (C=O) groups is 1. The Bertz CT molecular complexity index is 888. The van der Waals surface area contributed by atoms with Gasteiger partial charge in [0.2, 0.25) is 0 Å². The van der Waals surface area contributed by atoms with E-state index in [2.05, 4.69) is 48.8 Å². The van der Waals surface area contributed by atoms with E-state index in [4.69, 9.17) is 10.2 Å². The number of nitrogens with one attached hydrogen (secondary N) is 1. The quantitative estimate of drug-likeness (QED) is 0.567. The van der Waals surface area contributed by atoms with Gasteiger partial charge < -0.3 is 10.4 Å². The monoisotopic (exact) mass is 363 g/mol. The Morgan fingerprint density at radius 2 is 1.96 bits per heavy atom. The average Bonchev–Trinajstić information content (AvgIpc) is 3.04. The Balaban J connectivity index is 1.77. The summed E-state index contributed by atoms with van der Waals surface area (Å²) in [6.45, 7) is 4.13. The smallest absolute Gasteiger partial charge is 0.303 e.